The summed E-state index contributed by atoms with van der Waals surface area (Å²) >= 11 is 4.06. The van der Waals surface area contributed by atoms with E-state index in [9.17, 15) is 9.59 Å². The number of rotatable bonds is 3. The molecule has 2 rings (SSSR count). The fraction of sp³-hybridized carbons (Fsp3) is 0. The molecular formula is C11H7BrN2O3S. The number of carbonyl (C=O) groups excluding carboxylic acids is 1. The second-order valence-electron chi connectivity index (χ2n) is 3.37. The van der Waals surface area contributed by atoms with Gasteiger partial charge in [0.25, 0.3) is 5.91 Å². The maximum atomic E-state index is 11.4. The van der Waals surface area contributed by atoms with Gasteiger partial charge in [0, 0.05) is 5.69 Å². The van der Waals surface area contributed by atoms with Crippen LogP contribution in [0.1, 0.15) is 9.80 Å². The lowest BCUT2D eigenvalue weighted by molar-refractivity contribution is -0.112. The van der Waals surface area contributed by atoms with Crippen molar-refractivity contribution in [1.82, 2.24) is 4.98 Å². The highest BCUT2D eigenvalue weighted by molar-refractivity contribution is 9.12. The number of fused-ring (bicyclic) bond motifs is 1. The van der Waals surface area contributed by atoms with Gasteiger partial charge in [-0.05, 0) is 34.1 Å². The average molecular weight is 327 g/mol. The molecule has 0 aliphatic carbocycles. The molecule has 0 spiro atoms. The first-order valence-electron chi connectivity index (χ1n) is 4.77. The highest BCUT2D eigenvalue weighted by Crippen LogP contribution is 2.25. The average Bonchev–Trinajstić information content (AvgIpc) is 2.71. The number of hydrogen-bond acceptors (Lipinski definition) is 4. The summed E-state index contributed by atoms with van der Waals surface area (Å²) < 4.78 is 0.968. The second-order valence-corrected chi connectivity index (χ2v) is 5.35. The molecule has 2 N–H and O–H groups in total. The Morgan fingerprint density at radius 1 is 1.44 bits per heavy atom. The normalized spacial score (nSPS) is 10.3. The molecule has 0 unspecified atom stereocenters. The zero-order valence-corrected chi connectivity index (χ0v) is 11.3. The van der Waals surface area contributed by atoms with E-state index in [0.717, 1.165) is 16.0 Å². The van der Waals surface area contributed by atoms with Crippen LogP contribution in [0, 0.1) is 0 Å². The molecule has 18 heavy (non-hydrogen) atoms. The topological polar surface area (TPSA) is 79.3 Å². The molecule has 1 amide bonds. The summed E-state index contributed by atoms with van der Waals surface area (Å²) in [6.45, 7) is 3.45. The van der Waals surface area contributed by atoms with Crippen LogP contribution in [0.15, 0.2) is 29.3 Å². The van der Waals surface area contributed by atoms with E-state index in [1.165, 1.54) is 0 Å². The number of carboxylic acid groups (broad SMARTS) is 1. The largest absolute Gasteiger partial charge is 0.476 e. The van der Waals surface area contributed by atoms with Crippen LogP contribution in [0.25, 0.3) is 10.2 Å². The van der Waals surface area contributed by atoms with Gasteiger partial charge >= 0.3 is 5.97 Å². The quantitative estimate of drug-likeness (QED) is 0.850. The van der Waals surface area contributed by atoms with Crippen molar-refractivity contribution in [3.8, 4) is 0 Å². The summed E-state index contributed by atoms with van der Waals surface area (Å²) in [5.41, 5.74) is 1.07. The van der Waals surface area contributed by atoms with Gasteiger partial charge in [-0.2, -0.15) is 0 Å². The highest BCUT2D eigenvalue weighted by atomic mass is 79.9. The monoisotopic (exact) mass is 326 g/mol. The lowest BCUT2D eigenvalue weighted by Gasteiger charge is -2.02. The summed E-state index contributed by atoms with van der Waals surface area (Å²) in [6, 6.07) is 5.01. The van der Waals surface area contributed by atoms with Gasteiger partial charge in [-0.15, -0.1) is 11.3 Å². The maximum Gasteiger partial charge on any atom is 0.365 e. The van der Waals surface area contributed by atoms with Crippen molar-refractivity contribution in [2.24, 2.45) is 0 Å². The summed E-state index contributed by atoms with van der Waals surface area (Å²) in [7, 11) is 0. The molecular weight excluding hydrogens is 320 g/mol. The van der Waals surface area contributed by atoms with Crippen LogP contribution < -0.4 is 5.32 Å². The molecule has 0 atom stereocenters. The number of aromatic carboxylic acids is 1. The third-order valence-electron chi connectivity index (χ3n) is 2.07. The first kappa shape index (κ1) is 12.7. The van der Waals surface area contributed by atoms with Crippen LogP contribution in [0.4, 0.5) is 5.69 Å². The Kier molecular flexibility index (Phi) is 3.44. The van der Waals surface area contributed by atoms with Crippen molar-refractivity contribution in [3.63, 3.8) is 0 Å². The fourth-order valence-electron chi connectivity index (χ4n) is 1.30. The van der Waals surface area contributed by atoms with Crippen molar-refractivity contribution < 1.29 is 14.7 Å². The predicted octanol–water partition coefficient (Wildman–Crippen LogP) is 2.84. The van der Waals surface area contributed by atoms with Crippen LogP contribution in [0.5, 0.6) is 0 Å². The number of benzene rings is 1. The van der Waals surface area contributed by atoms with Gasteiger partial charge in [-0.3, -0.25) is 4.79 Å². The van der Waals surface area contributed by atoms with E-state index in [1.54, 1.807) is 18.2 Å². The summed E-state index contributed by atoms with van der Waals surface area (Å²) in [5, 5.41) is 11.5. The first-order chi connectivity index (χ1) is 8.47. The first-order valence-corrected chi connectivity index (χ1v) is 6.38. The van der Waals surface area contributed by atoms with Gasteiger partial charge in [-0.25, -0.2) is 9.78 Å². The summed E-state index contributed by atoms with van der Waals surface area (Å²) in [5.74, 6) is -1.42. The van der Waals surface area contributed by atoms with Crippen LogP contribution in [0.3, 0.4) is 0 Å². The molecule has 5 nitrogen and oxygen atoms in total. The van der Waals surface area contributed by atoms with Gasteiger partial charge in [-0.1, -0.05) is 6.58 Å². The van der Waals surface area contributed by atoms with Crippen molar-refractivity contribution in [2.75, 3.05) is 5.32 Å². The van der Waals surface area contributed by atoms with Gasteiger partial charge in [0.2, 0.25) is 5.01 Å². The molecule has 1 aromatic carbocycles. The molecule has 0 fully saturated rings. The van der Waals surface area contributed by atoms with E-state index in [-0.39, 0.29) is 15.4 Å². The Balaban J connectivity index is 2.35. The van der Waals surface area contributed by atoms with Crippen molar-refractivity contribution in [1.29, 1.82) is 0 Å². The molecule has 0 aliphatic heterocycles. The molecule has 92 valence electrons. The van der Waals surface area contributed by atoms with E-state index in [1.807, 2.05) is 0 Å². The standard InChI is InChI=1S/C11H7BrN2O3S/c1-5(12)9(15)13-6-2-3-8-7(4-6)14-10(18-8)11(16)17/h2-4H,1H2,(H,13,15)(H,16,17). The van der Waals surface area contributed by atoms with Gasteiger partial charge in [0.1, 0.15) is 0 Å². The summed E-state index contributed by atoms with van der Waals surface area (Å²) in [6.07, 6.45) is 0. The third-order valence-corrected chi connectivity index (χ3v) is 3.46. The van der Waals surface area contributed by atoms with Gasteiger partial charge in [0.15, 0.2) is 0 Å². The molecule has 0 aliphatic rings. The van der Waals surface area contributed by atoms with E-state index in [4.69, 9.17) is 5.11 Å². The van der Waals surface area contributed by atoms with E-state index >= 15 is 0 Å². The molecule has 2 aromatic rings. The molecule has 1 aromatic heterocycles. The second kappa shape index (κ2) is 4.87. The number of anilines is 1. The lowest BCUT2D eigenvalue weighted by atomic mass is 10.3. The molecule has 0 radical (unpaired) electrons. The van der Waals surface area contributed by atoms with Crippen LogP contribution in [-0.4, -0.2) is 22.0 Å². The molecule has 0 bridgehead atoms. The number of carboxylic acids is 1. The number of amides is 1. The SMILES string of the molecule is C=C(Br)C(=O)Nc1ccc2sc(C(=O)O)nc2c1. The molecule has 1 heterocycles. The Morgan fingerprint density at radius 2 is 2.17 bits per heavy atom. The van der Waals surface area contributed by atoms with E-state index < -0.39 is 5.97 Å². The van der Waals surface area contributed by atoms with E-state index in [2.05, 4.69) is 32.8 Å². The summed E-state index contributed by atoms with van der Waals surface area (Å²) in [4.78, 5) is 26.1. The Hall–Kier alpha value is -1.73. The van der Waals surface area contributed by atoms with Crippen LogP contribution in [0.2, 0.25) is 0 Å². The van der Waals surface area contributed by atoms with Crippen molar-refractivity contribution in [3.05, 3.63) is 34.3 Å². The van der Waals surface area contributed by atoms with E-state index in [0.29, 0.717) is 11.2 Å². The van der Waals surface area contributed by atoms with Gasteiger partial charge in [0.05, 0.1) is 14.7 Å². The van der Waals surface area contributed by atoms with Crippen molar-refractivity contribution >= 4 is 55.0 Å². The third kappa shape index (κ3) is 2.57. The number of thiazole rings is 1. The molecule has 0 saturated heterocycles. The van der Waals surface area contributed by atoms with Gasteiger partial charge < -0.3 is 10.4 Å². The number of halogens is 1. The Bertz CT molecular complexity index is 665. The Morgan fingerprint density at radius 3 is 2.78 bits per heavy atom. The number of hydrogen-bond donors (Lipinski definition) is 2. The minimum atomic E-state index is -1.06. The highest BCUT2D eigenvalue weighted by Gasteiger charge is 2.11. The smallest absolute Gasteiger partial charge is 0.365 e. The number of aromatic nitrogens is 1. The Labute approximate surface area is 114 Å². The number of nitrogens with zero attached hydrogens (tertiary/aromatic N) is 1. The molecule has 7 heteroatoms. The zero-order chi connectivity index (χ0) is 13.3. The lowest BCUT2D eigenvalue weighted by Crippen LogP contribution is -2.10. The number of nitrogens with one attached hydrogen (secondary N) is 1. The number of carbonyl (C=O) groups is 2. The van der Waals surface area contributed by atoms with Crippen LogP contribution in [-0.2, 0) is 4.79 Å². The minimum Gasteiger partial charge on any atom is -0.476 e. The zero-order valence-electron chi connectivity index (χ0n) is 8.94. The van der Waals surface area contributed by atoms with Crippen molar-refractivity contribution in [2.45, 2.75) is 0 Å². The molecule has 0 saturated carbocycles. The maximum absolute atomic E-state index is 11.4. The predicted molar refractivity (Wildman–Crippen MR) is 73.3 cm³/mol. The van der Waals surface area contributed by atoms with Crippen LogP contribution >= 0.6 is 27.3 Å². The fourth-order valence-corrected chi connectivity index (χ4v) is 2.18. The minimum absolute atomic E-state index is 0.0263.